The average Bonchev–Trinajstić information content (AvgIpc) is 2.34. The average molecular weight is 261 g/mol. The number of pyridine rings is 2. The highest BCUT2D eigenvalue weighted by atomic mass is 35.5. The van der Waals surface area contributed by atoms with Gasteiger partial charge in [-0.25, -0.2) is 4.98 Å². The molecule has 2 N–H and O–H groups in total. The van der Waals surface area contributed by atoms with E-state index in [2.05, 4.69) is 15.3 Å². The van der Waals surface area contributed by atoms with Crippen molar-refractivity contribution < 1.29 is 0 Å². The SMILES string of the molecule is CN/C=C(\C(C)=N)c1cnc2ccc(Cl)nc2c1. The van der Waals surface area contributed by atoms with E-state index in [-0.39, 0.29) is 0 Å². The zero-order valence-electron chi connectivity index (χ0n) is 10.2. The van der Waals surface area contributed by atoms with E-state index in [9.17, 15) is 0 Å². The molecule has 5 heteroatoms. The van der Waals surface area contributed by atoms with Crippen LogP contribution in [0.5, 0.6) is 0 Å². The van der Waals surface area contributed by atoms with Gasteiger partial charge in [-0.2, -0.15) is 0 Å². The Balaban J connectivity index is 2.58. The number of rotatable bonds is 3. The van der Waals surface area contributed by atoms with Crippen molar-refractivity contribution in [1.82, 2.24) is 15.3 Å². The van der Waals surface area contributed by atoms with E-state index in [1.165, 1.54) is 0 Å². The molecule has 0 amide bonds. The second kappa shape index (κ2) is 5.14. The first-order chi connectivity index (χ1) is 8.61. The van der Waals surface area contributed by atoms with E-state index < -0.39 is 0 Å². The first kappa shape index (κ1) is 12.5. The van der Waals surface area contributed by atoms with Crippen LogP contribution in [0.1, 0.15) is 12.5 Å². The first-order valence-corrected chi connectivity index (χ1v) is 5.85. The molecule has 0 aliphatic carbocycles. The number of halogens is 1. The predicted octanol–water partition coefficient (Wildman–Crippen LogP) is 2.88. The second-order valence-corrected chi connectivity index (χ2v) is 4.26. The van der Waals surface area contributed by atoms with E-state index in [1.54, 1.807) is 32.4 Å². The lowest BCUT2D eigenvalue weighted by Crippen LogP contribution is -2.03. The van der Waals surface area contributed by atoms with Gasteiger partial charge >= 0.3 is 0 Å². The molecule has 0 spiro atoms. The standard InChI is InChI=1S/C13H13ClN4/c1-8(15)10(7-16-2)9-5-12-11(17-6-9)3-4-13(14)18-12/h3-7,15-16H,1-2H3/b10-7+,15-8?. The molecule has 0 aliphatic heterocycles. The number of nitrogens with zero attached hydrogens (tertiary/aromatic N) is 2. The van der Waals surface area contributed by atoms with Crippen molar-refractivity contribution in [3.05, 3.63) is 41.3 Å². The third-order valence-corrected chi connectivity index (χ3v) is 2.72. The minimum atomic E-state index is 0.437. The third-order valence-electron chi connectivity index (χ3n) is 2.51. The fraction of sp³-hybridized carbons (Fsp3) is 0.154. The first-order valence-electron chi connectivity index (χ1n) is 5.47. The molecule has 2 aromatic heterocycles. The van der Waals surface area contributed by atoms with Crippen LogP contribution in [0, 0.1) is 5.41 Å². The van der Waals surface area contributed by atoms with Crippen LogP contribution < -0.4 is 5.32 Å². The van der Waals surface area contributed by atoms with Crippen LogP contribution in [0.3, 0.4) is 0 Å². The lowest BCUT2D eigenvalue weighted by atomic mass is 10.0. The van der Waals surface area contributed by atoms with Gasteiger partial charge in [0.15, 0.2) is 0 Å². The summed E-state index contributed by atoms with van der Waals surface area (Å²) in [5, 5.41) is 11.1. The normalized spacial score (nSPS) is 11.6. The predicted molar refractivity (Wildman–Crippen MR) is 75.0 cm³/mol. The van der Waals surface area contributed by atoms with Crippen LogP contribution in [0.2, 0.25) is 5.15 Å². The zero-order chi connectivity index (χ0) is 13.1. The van der Waals surface area contributed by atoms with Crippen molar-refractivity contribution in [2.24, 2.45) is 0 Å². The van der Waals surface area contributed by atoms with Gasteiger partial charge in [0.1, 0.15) is 5.15 Å². The van der Waals surface area contributed by atoms with Gasteiger partial charge in [-0.05, 0) is 25.1 Å². The Morgan fingerprint density at radius 1 is 1.39 bits per heavy atom. The molecule has 0 aromatic carbocycles. The maximum atomic E-state index is 7.76. The number of fused-ring (bicyclic) bond motifs is 1. The van der Waals surface area contributed by atoms with Crippen molar-refractivity contribution in [2.45, 2.75) is 6.92 Å². The van der Waals surface area contributed by atoms with Crippen LogP contribution in [-0.2, 0) is 0 Å². The smallest absolute Gasteiger partial charge is 0.129 e. The fourth-order valence-corrected chi connectivity index (χ4v) is 1.84. The van der Waals surface area contributed by atoms with Gasteiger partial charge < -0.3 is 10.7 Å². The monoisotopic (exact) mass is 260 g/mol. The lowest BCUT2D eigenvalue weighted by Gasteiger charge is -2.07. The molecule has 0 unspecified atom stereocenters. The zero-order valence-corrected chi connectivity index (χ0v) is 10.9. The molecule has 0 radical (unpaired) electrons. The molecule has 4 nitrogen and oxygen atoms in total. The highest BCUT2D eigenvalue weighted by Crippen LogP contribution is 2.20. The van der Waals surface area contributed by atoms with Gasteiger partial charge in [0, 0.05) is 36.3 Å². The summed E-state index contributed by atoms with van der Waals surface area (Å²) in [5.74, 6) is 0. The van der Waals surface area contributed by atoms with E-state index in [0.717, 1.165) is 22.2 Å². The molecular formula is C13H13ClN4. The summed E-state index contributed by atoms with van der Waals surface area (Å²) in [6, 6.07) is 5.42. The minimum Gasteiger partial charge on any atom is -0.393 e. The molecule has 18 heavy (non-hydrogen) atoms. The number of nitrogens with one attached hydrogen (secondary N) is 2. The summed E-state index contributed by atoms with van der Waals surface area (Å²) in [6.07, 6.45) is 3.51. The van der Waals surface area contributed by atoms with Gasteiger partial charge in [-0.1, -0.05) is 11.6 Å². The van der Waals surface area contributed by atoms with Crippen LogP contribution in [-0.4, -0.2) is 22.7 Å². The quantitative estimate of drug-likeness (QED) is 0.659. The molecule has 0 atom stereocenters. The Kier molecular flexibility index (Phi) is 3.58. The number of hydrogen-bond donors (Lipinski definition) is 2. The minimum absolute atomic E-state index is 0.437. The Morgan fingerprint density at radius 2 is 2.17 bits per heavy atom. The number of hydrogen-bond acceptors (Lipinski definition) is 4. The molecule has 0 aliphatic rings. The highest BCUT2D eigenvalue weighted by molar-refractivity contribution is 6.29. The molecule has 2 heterocycles. The summed E-state index contributed by atoms with van der Waals surface area (Å²) in [5.41, 5.74) is 3.61. The molecule has 0 fully saturated rings. The van der Waals surface area contributed by atoms with E-state index >= 15 is 0 Å². The van der Waals surface area contributed by atoms with Crippen LogP contribution in [0.4, 0.5) is 0 Å². The van der Waals surface area contributed by atoms with E-state index in [4.69, 9.17) is 17.0 Å². The van der Waals surface area contributed by atoms with Crippen molar-refractivity contribution in [1.29, 1.82) is 5.41 Å². The maximum Gasteiger partial charge on any atom is 0.129 e. The molecule has 2 rings (SSSR count). The topological polar surface area (TPSA) is 61.7 Å². The molecule has 92 valence electrons. The summed E-state index contributed by atoms with van der Waals surface area (Å²) in [4.78, 5) is 8.54. The summed E-state index contributed by atoms with van der Waals surface area (Å²) in [7, 11) is 1.80. The van der Waals surface area contributed by atoms with Gasteiger partial charge in [0.2, 0.25) is 0 Å². The molecule has 0 saturated heterocycles. The molecule has 2 aromatic rings. The van der Waals surface area contributed by atoms with Gasteiger partial charge in [0.25, 0.3) is 0 Å². The van der Waals surface area contributed by atoms with Crippen molar-refractivity contribution >= 4 is 33.9 Å². The molecular weight excluding hydrogens is 248 g/mol. The summed E-state index contributed by atoms with van der Waals surface area (Å²) >= 11 is 5.87. The van der Waals surface area contributed by atoms with Crippen LogP contribution in [0.25, 0.3) is 16.6 Å². The van der Waals surface area contributed by atoms with Crippen LogP contribution in [0.15, 0.2) is 30.6 Å². The Morgan fingerprint density at radius 3 is 2.83 bits per heavy atom. The number of aromatic nitrogens is 2. The largest absolute Gasteiger partial charge is 0.393 e. The van der Waals surface area contributed by atoms with Crippen molar-refractivity contribution in [3.63, 3.8) is 0 Å². The van der Waals surface area contributed by atoms with E-state index in [0.29, 0.717) is 10.9 Å². The Hall–Kier alpha value is -1.94. The fourth-order valence-electron chi connectivity index (χ4n) is 1.68. The van der Waals surface area contributed by atoms with Gasteiger partial charge in [-0.15, -0.1) is 0 Å². The summed E-state index contributed by atoms with van der Waals surface area (Å²) in [6.45, 7) is 1.73. The van der Waals surface area contributed by atoms with Gasteiger partial charge in [-0.3, -0.25) is 4.98 Å². The Labute approximate surface area is 110 Å². The molecule has 0 saturated carbocycles. The number of allylic oxidation sites excluding steroid dienone is 1. The molecule has 0 bridgehead atoms. The Bertz CT molecular complexity index is 634. The van der Waals surface area contributed by atoms with Crippen molar-refractivity contribution in [3.8, 4) is 0 Å². The summed E-state index contributed by atoms with van der Waals surface area (Å²) < 4.78 is 0. The van der Waals surface area contributed by atoms with Gasteiger partial charge in [0.05, 0.1) is 11.0 Å². The third kappa shape index (κ3) is 2.49. The highest BCUT2D eigenvalue weighted by Gasteiger charge is 2.07. The second-order valence-electron chi connectivity index (χ2n) is 3.87. The van der Waals surface area contributed by atoms with Crippen molar-refractivity contribution in [2.75, 3.05) is 7.05 Å². The van der Waals surface area contributed by atoms with Crippen LogP contribution >= 0.6 is 11.6 Å². The van der Waals surface area contributed by atoms with E-state index in [1.807, 2.05) is 12.1 Å². The maximum absolute atomic E-state index is 7.76. The lowest BCUT2D eigenvalue weighted by molar-refractivity contribution is 1.11.